The van der Waals surface area contributed by atoms with E-state index in [0.717, 1.165) is 17.8 Å². The zero-order valence-corrected chi connectivity index (χ0v) is 17.6. The average molecular weight is 448 g/mol. The first kappa shape index (κ1) is 21.5. The van der Waals surface area contributed by atoms with E-state index < -0.39 is 15.8 Å². The number of piperazine rings is 1. The van der Waals surface area contributed by atoms with E-state index in [2.05, 4.69) is 14.5 Å². The molecule has 0 aliphatic carbocycles. The fraction of sp³-hybridized carbons (Fsp3) is 0.273. The Kier molecular flexibility index (Phi) is 6.35. The third kappa shape index (κ3) is 5.12. The Balaban J connectivity index is 1.44. The van der Waals surface area contributed by atoms with E-state index in [1.54, 1.807) is 24.5 Å². The minimum Gasteiger partial charge on any atom is -0.468 e. The minimum absolute atomic E-state index is 0.00761. The Labute approximate surface area is 180 Å². The number of rotatable bonds is 7. The van der Waals surface area contributed by atoms with Crippen LogP contribution in [0.25, 0.3) is 0 Å². The van der Waals surface area contributed by atoms with Crippen molar-refractivity contribution in [3.8, 4) is 0 Å². The van der Waals surface area contributed by atoms with Gasteiger partial charge in [0.15, 0.2) is 0 Å². The van der Waals surface area contributed by atoms with Gasteiger partial charge in [-0.1, -0.05) is 0 Å². The molecule has 0 amide bonds. The van der Waals surface area contributed by atoms with Crippen molar-refractivity contribution in [2.45, 2.75) is 10.9 Å². The summed E-state index contributed by atoms with van der Waals surface area (Å²) in [6.07, 6.45) is 1.56. The van der Waals surface area contributed by atoms with E-state index in [1.165, 1.54) is 24.3 Å². The van der Waals surface area contributed by atoms with Gasteiger partial charge in [0.1, 0.15) is 17.4 Å². The molecule has 0 bridgehead atoms. The maximum atomic E-state index is 13.2. The molecule has 6 nitrogen and oxygen atoms in total. The fourth-order valence-electron chi connectivity index (χ4n) is 3.72. The summed E-state index contributed by atoms with van der Waals surface area (Å²) < 4.78 is 59.8. The van der Waals surface area contributed by atoms with Crippen LogP contribution in [-0.4, -0.2) is 46.0 Å². The van der Waals surface area contributed by atoms with Crippen LogP contribution in [0.5, 0.6) is 0 Å². The number of sulfonamides is 1. The lowest BCUT2D eigenvalue weighted by Crippen LogP contribution is -2.49. The van der Waals surface area contributed by atoms with Crippen molar-refractivity contribution in [3.05, 3.63) is 84.3 Å². The lowest BCUT2D eigenvalue weighted by Gasteiger charge is -2.39. The Bertz CT molecular complexity index is 1080. The molecule has 1 N–H and O–H groups in total. The van der Waals surface area contributed by atoms with Gasteiger partial charge in [0.05, 0.1) is 17.2 Å². The van der Waals surface area contributed by atoms with Crippen molar-refractivity contribution in [3.63, 3.8) is 0 Å². The molecule has 2 heterocycles. The molecule has 0 radical (unpaired) electrons. The van der Waals surface area contributed by atoms with E-state index >= 15 is 0 Å². The Morgan fingerprint density at radius 1 is 0.903 bits per heavy atom. The Morgan fingerprint density at radius 3 is 2.10 bits per heavy atom. The van der Waals surface area contributed by atoms with Gasteiger partial charge >= 0.3 is 0 Å². The molecule has 1 fully saturated rings. The van der Waals surface area contributed by atoms with Crippen LogP contribution in [0.2, 0.25) is 0 Å². The van der Waals surface area contributed by atoms with Crippen LogP contribution in [0.15, 0.2) is 76.2 Å². The lowest BCUT2D eigenvalue weighted by molar-refractivity contribution is 0.166. The van der Waals surface area contributed by atoms with Crippen molar-refractivity contribution < 1.29 is 21.6 Å². The standard InChI is InChI=1S/C22H23F2N3O3S/c23-17-3-7-19(8-4-17)26-11-13-27(14-12-26)21(22-2-1-15-30-22)16-25-31(28,29)20-9-5-18(24)6-10-20/h1-10,15,21,25H,11-14,16H2/t21-/m0/s1. The van der Waals surface area contributed by atoms with Crippen molar-refractivity contribution >= 4 is 15.7 Å². The molecule has 9 heteroatoms. The number of benzene rings is 2. The monoisotopic (exact) mass is 447 g/mol. The first-order chi connectivity index (χ1) is 14.9. The first-order valence-electron chi connectivity index (χ1n) is 9.95. The molecule has 0 unspecified atom stereocenters. The number of nitrogens with one attached hydrogen (secondary N) is 1. The highest BCUT2D eigenvalue weighted by Crippen LogP contribution is 2.25. The van der Waals surface area contributed by atoms with Crippen LogP contribution >= 0.6 is 0 Å². The molecule has 1 aliphatic rings. The molecule has 1 saturated heterocycles. The summed E-state index contributed by atoms with van der Waals surface area (Å²) in [5, 5.41) is 0. The number of halogens is 2. The number of furan rings is 1. The molecular weight excluding hydrogens is 424 g/mol. The third-order valence-electron chi connectivity index (χ3n) is 5.41. The summed E-state index contributed by atoms with van der Waals surface area (Å²) >= 11 is 0. The summed E-state index contributed by atoms with van der Waals surface area (Å²) in [5.74, 6) is -0.0998. The quantitative estimate of drug-likeness (QED) is 0.602. The molecule has 31 heavy (non-hydrogen) atoms. The molecule has 1 aliphatic heterocycles. The average Bonchev–Trinajstić information content (AvgIpc) is 3.30. The molecule has 2 aromatic carbocycles. The van der Waals surface area contributed by atoms with Crippen LogP contribution in [0, 0.1) is 11.6 Å². The Hall–Kier alpha value is -2.75. The first-order valence-corrected chi connectivity index (χ1v) is 11.4. The van der Waals surface area contributed by atoms with Gasteiger partial charge in [-0.15, -0.1) is 0 Å². The van der Waals surface area contributed by atoms with Gasteiger partial charge in [-0.05, 0) is 60.7 Å². The molecule has 164 valence electrons. The van der Waals surface area contributed by atoms with Crippen molar-refractivity contribution in [2.75, 3.05) is 37.6 Å². The molecule has 3 aromatic rings. The van der Waals surface area contributed by atoms with Gasteiger partial charge < -0.3 is 9.32 Å². The van der Waals surface area contributed by atoms with Crippen LogP contribution in [0.3, 0.4) is 0 Å². The number of anilines is 1. The van der Waals surface area contributed by atoms with Gasteiger partial charge in [0.2, 0.25) is 10.0 Å². The third-order valence-corrected chi connectivity index (χ3v) is 6.85. The van der Waals surface area contributed by atoms with E-state index in [4.69, 9.17) is 4.42 Å². The second kappa shape index (κ2) is 9.17. The normalized spacial score (nSPS) is 16.4. The van der Waals surface area contributed by atoms with Crippen LogP contribution in [-0.2, 0) is 10.0 Å². The second-order valence-electron chi connectivity index (χ2n) is 7.34. The van der Waals surface area contributed by atoms with Gasteiger partial charge in [0.25, 0.3) is 0 Å². The number of hydrogen-bond acceptors (Lipinski definition) is 5. The topological polar surface area (TPSA) is 65.8 Å². The van der Waals surface area contributed by atoms with Gasteiger partial charge in [-0.2, -0.15) is 0 Å². The predicted octanol–water partition coefficient (Wildman–Crippen LogP) is 3.40. The van der Waals surface area contributed by atoms with Crippen LogP contribution in [0.1, 0.15) is 11.8 Å². The molecule has 0 saturated carbocycles. The molecule has 0 spiro atoms. The van der Waals surface area contributed by atoms with Crippen LogP contribution in [0.4, 0.5) is 14.5 Å². The van der Waals surface area contributed by atoms with Crippen molar-refractivity contribution in [1.82, 2.24) is 9.62 Å². The van der Waals surface area contributed by atoms with E-state index in [0.29, 0.717) is 31.9 Å². The maximum absolute atomic E-state index is 13.2. The smallest absolute Gasteiger partial charge is 0.240 e. The highest BCUT2D eigenvalue weighted by molar-refractivity contribution is 7.89. The molecule has 1 aromatic heterocycles. The summed E-state index contributed by atoms with van der Waals surface area (Å²) in [5.41, 5.74) is 0.951. The van der Waals surface area contributed by atoms with E-state index in [1.807, 2.05) is 6.07 Å². The lowest BCUT2D eigenvalue weighted by atomic mass is 10.1. The summed E-state index contributed by atoms with van der Waals surface area (Å²) in [4.78, 5) is 4.33. The van der Waals surface area contributed by atoms with Crippen molar-refractivity contribution in [1.29, 1.82) is 0 Å². The highest BCUT2D eigenvalue weighted by atomic mass is 32.2. The summed E-state index contributed by atoms with van der Waals surface area (Å²) in [6, 6.07) is 14.4. The van der Waals surface area contributed by atoms with Crippen LogP contribution < -0.4 is 9.62 Å². The highest BCUT2D eigenvalue weighted by Gasteiger charge is 2.28. The van der Waals surface area contributed by atoms with E-state index in [-0.39, 0.29) is 23.3 Å². The fourth-order valence-corrected chi connectivity index (χ4v) is 4.76. The molecule has 4 rings (SSSR count). The predicted molar refractivity (Wildman–Crippen MR) is 113 cm³/mol. The zero-order valence-electron chi connectivity index (χ0n) is 16.7. The number of hydrogen-bond donors (Lipinski definition) is 1. The molecule has 1 atom stereocenters. The van der Waals surface area contributed by atoms with Gasteiger partial charge in [0, 0.05) is 38.4 Å². The summed E-state index contributed by atoms with van der Waals surface area (Å²) in [7, 11) is -3.79. The summed E-state index contributed by atoms with van der Waals surface area (Å²) in [6.45, 7) is 2.91. The SMILES string of the molecule is O=S(=O)(NC[C@@H](c1ccco1)N1CCN(c2ccc(F)cc2)CC1)c1ccc(F)cc1. The minimum atomic E-state index is -3.79. The largest absolute Gasteiger partial charge is 0.468 e. The second-order valence-corrected chi connectivity index (χ2v) is 9.10. The van der Waals surface area contributed by atoms with Gasteiger partial charge in [-0.3, -0.25) is 4.90 Å². The van der Waals surface area contributed by atoms with Crippen molar-refractivity contribution in [2.24, 2.45) is 0 Å². The Morgan fingerprint density at radius 2 is 1.52 bits per heavy atom. The van der Waals surface area contributed by atoms with E-state index in [9.17, 15) is 17.2 Å². The number of nitrogens with zero attached hydrogens (tertiary/aromatic N) is 2. The maximum Gasteiger partial charge on any atom is 0.240 e. The molecular formula is C22H23F2N3O3S. The zero-order chi connectivity index (χ0) is 21.8. The van der Waals surface area contributed by atoms with Gasteiger partial charge in [-0.25, -0.2) is 21.9 Å².